The van der Waals surface area contributed by atoms with E-state index in [0.717, 1.165) is 12.1 Å². The number of halogens is 5. The van der Waals surface area contributed by atoms with Crippen LogP contribution in [0.4, 0.5) is 22.0 Å². The second-order valence-electron chi connectivity index (χ2n) is 3.88. The number of hydrogen-bond donors (Lipinski definition) is 1. The number of aromatic carboxylic acids is 1. The maximum atomic E-state index is 13.1. The number of para-hydroxylation sites is 1. The van der Waals surface area contributed by atoms with E-state index in [0.29, 0.717) is 6.20 Å². The van der Waals surface area contributed by atoms with Gasteiger partial charge < -0.3 is 5.11 Å². The van der Waals surface area contributed by atoms with Crippen molar-refractivity contribution in [2.24, 2.45) is 0 Å². The molecule has 0 amide bonds. The Morgan fingerprint density at radius 2 is 1.95 bits per heavy atom. The molecule has 0 saturated heterocycles. The van der Waals surface area contributed by atoms with Gasteiger partial charge in [0, 0.05) is 16.5 Å². The number of rotatable bonds is 3. The summed E-state index contributed by atoms with van der Waals surface area (Å²) in [6, 6.07) is 3.36. The highest BCUT2D eigenvalue weighted by Crippen LogP contribution is 2.39. The van der Waals surface area contributed by atoms with Gasteiger partial charge >= 0.3 is 12.1 Å². The predicted molar refractivity (Wildman–Crippen MR) is 65.6 cm³/mol. The maximum Gasteiger partial charge on any atom is 0.417 e. The van der Waals surface area contributed by atoms with Crippen molar-refractivity contribution in [1.82, 2.24) is 4.98 Å². The number of fused-ring (bicyclic) bond motifs is 1. The molecular weight excluding hydrogens is 317 g/mol. The van der Waals surface area contributed by atoms with Gasteiger partial charge in [0.05, 0.1) is 16.6 Å². The van der Waals surface area contributed by atoms with Crippen LogP contribution in [-0.4, -0.2) is 21.8 Å². The number of aromatic nitrogens is 1. The highest BCUT2D eigenvalue weighted by Gasteiger charge is 2.38. The summed E-state index contributed by atoms with van der Waals surface area (Å²) in [7, 11) is 0. The minimum Gasteiger partial charge on any atom is -0.478 e. The molecule has 0 unspecified atom stereocenters. The summed E-state index contributed by atoms with van der Waals surface area (Å²) in [6.07, 6.45) is -4.41. The number of benzene rings is 1. The van der Waals surface area contributed by atoms with E-state index in [1.54, 1.807) is 0 Å². The highest BCUT2D eigenvalue weighted by atomic mass is 32.2. The molecule has 21 heavy (non-hydrogen) atoms. The number of carboxylic acids is 1. The first kappa shape index (κ1) is 15.5. The van der Waals surface area contributed by atoms with E-state index in [-0.39, 0.29) is 22.2 Å². The Balaban J connectivity index is 2.82. The number of thioether (sulfide) groups is 1. The SMILES string of the molecule is O=C(O)c1cnc2c(SC(F)F)cccc2c1C(F)(F)F. The van der Waals surface area contributed by atoms with Gasteiger partial charge in [-0.3, -0.25) is 4.98 Å². The van der Waals surface area contributed by atoms with Gasteiger partial charge in [-0.2, -0.15) is 22.0 Å². The number of carbonyl (C=O) groups is 1. The molecule has 0 spiro atoms. The molecule has 0 aliphatic carbocycles. The number of carboxylic acid groups (broad SMARTS) is 1. The third-order valence-corrected chi connectivity index (χ3v) is 3.35. The van der Waals surface area contributed by atoms with Crippen molar-refractivity contribution in [3.8, 4) is 0 Å². The third-order valence-electron chi connectivity index (χ3n) is 2.59. The van der Waals surface area contributed by atoms with E-state index in [4.69, 9.17) is 5.11 Å². The Labute approximate surface area is 118 Å². The van der Waals surface area contributed by atoms with Crippen LogP contribution in [0.15, 0.2) is 29.3 Å². The monoisotopic (exact) mass is 323 g/mol. The van der Waals surface area contributed by atoms with Gasteiger partial charge in [0.2, 0.25) is 0 Å². The molecule has 2 aromatic rings. The first-order valence-corrected chi connectivity index (χ1v) is 6.27. The zero-order valence-corrected chi connectivity index (χ0v) is 10.8. The topological polar surface area (TPSA) is 50.2 Å². The number of nitrogens with zero attached hydrogens (tertiary/aromatic N) is 1. The Morgan fingerprint density at radius 1 is 1.29 bits per heavy atom. The van der Waals surface area contributed by atoms with Crippen molar-refractivity contribution in [3.63, 3.8) is 0 Å². The van der Waals surface area contributed by atoms with Crippen LogP contribution in [0, 0.1) is 0 Å². The van der Waals surface area contributed by atoms with Gasteiger partial charge in [0.15, 0.2) is 0 Å². The molecule has 9 heteroatoms. The smallest absolute Gasteiger partial charge is 0.417 e. The molecule has 0 aliphatic heterocycles. The van der Waals surface area contributed by atoms with Crippen LogP contribution < -0.4 is 0 Å². The zero-order chi connectivity index (χ0) is 15.8. The molecule has 3 nitrogen and oxygen atoms in total. The van der Waals surface area contributed by atoms with Crippen molar-refractivity contribution in [2.75, 3.05) is 0 Å². The molecule has 0 bridgehead atoms. The molecule has 1 N–H and O–H groups in total. The lowest BCUT2D eigenvalue weighted by atomic mass is 10.0. The minimum atomic E-state index is -4.94. The Morgan fingerprint density at radius 3 is 2.48 bits per heavy atom. The fourth-order valence-corrected chi connectivity index (χ4v) is 2.48. The third kappa shape index (κ3) is 3.07. The fourth-order valence-electron chi connectivity index (χ4n) is 1.85. The molecule has 0 radical (unpaired) electrons. The van der Waals surface area contributed by atoms with Gasteiger partial charge in [-0.1, -0.05) is 23.9 Å². The van der Waals surface area contributed by atoms with Crippen LogP contribution in [0.5, 0.6) is 0 Å². The molecule has 112 valence electrons. The van der Waals surface area contributed by atoms with E-state index in [9.17, 15) is 26.7 Å². The summed E-state index contributed by atoms with van der Waals surface area (Å²) in [6.45, 7) is 0. The van der Waals surface area contributed by atoms with Crippen molar-refractivity contribution in [1.29, 1.82) is 0 Å². The largest absolute Gasteiger partial charge is 0.478 e. The van der Waals surface area contributed by atoms with Crippen molar-refractivity contribution in [3.05, 3.63) is 35.5 Å². The van der Waals surface area contributed by atoms with Gasteiger partial charge in [-0.15, -0.1) is 0 Å². The molecule has 1 heterocycles. The molecule has 0 aliphatic rings. The Hall–Kier alpha value is -1.90. The Bertz CT molecular complexity index is 702. The molecule has 0 atom stereocenters. The van der Waals surface area contributed by atoms with E-state index in [2.05, 4.69) is 4.98 Å². The average Bonchev–Trinajstić information content (AvgIpc) is 2.35. The van der Waals surface area contributed by atoms with E-state index in [1.807, 2.05) is 0 Å². The van der Waals surface area contributed by atoms with E-state index < -0.39 is 34.4 Å². The van der Waals surface area contributed by atoms with Crippen molar-refractivity contribution >= 4 is 28.6 Å². The summed E-state index contributed by atoms with van der Waals surface area (Å²) in [5.41, 5.74) is -2.72. The predicted octanol–water partition coefficient (Wildman–Crippen LogP) is 4.27. The average molecular weight is 323 g/mol. The zero-order valence-electron chi connectivity index (χ0n) is 9.99. The second kappa shape index (κ2) is 5.47. The van der Waals surface area contributed by atoms with E-state index >= 15 is 0 Å². The quantitative estimate of drug-likeness (QED) is 0.677. The van der Waals surface area contributed by atoms with Gasteiger partial charge in [0.1, 0.15) is 0 Å². The lowest BCUT2D eigenvalue weighted by Gasteiger charge is -2.14. The standard InChI is InChI=1S/C12H6F5NO2S/c13-11(14)21-7-3-1-2-5-8(12(15,16)17)6(10(19)20)4-18-9(5)7/h1-4,11H,(H,19,20). The minimum absolute atomic E-state index is 0.0509. The molecule has 1 aromatic heterocycles. The van der Waals surface area contributed by atoms with Crippen LogP contribution >= 0.6 is 11.8 Å². The summed E-state index contributed by atoms with van der Waals surface area (Å²) in [4.78, 5) is 14.4. The van der Waals surface area contributed by atoms with Crippen LogP contribution in [0.3, 0.4) is 0 Å². The van der Waals surface area contributed by atoms with E-state index in [1.165, 1.54) is 6.07 Å². The van der Waals surface area contributed by atoms with Crippen LogP contribution in [0.25, 0.3) is 10.9 Å². The van der Waals surface area contributed by atoms with Crippen LogP contribution in [0.1, 0.15) is 15.9 Å². The van der Waals surface area contributed by atoms with Crippen LogP contribution in [-0.2, 0) is 6.18 Å². The number of alkyl halides is 5. The van der Waals surface area contributed by atoms with Gasteiger partial charge in [-0.05, 0) is 6.07 Å². The van der Waals surface area contributed by atoms with Gasteiger partial charge in [0.25, 0.3) is 5.76 Å². The summed E-state index contributed by atoms with van der Waals surface area (Å²) < 4.78 is 64.1. The van der Waals surface area contributed by atoms with Crippen molar-refractivity contribution in [2.45, 2.75) is 16.8 Å². The summed E-state index contributed by atoms with van der Waals surface area (Å²) >= 11 is 0.0509. The number of hydrogen-bond acceptors (Lipinski definition) is 3. The normalized spacial score (nSPS) is 12.1. The summed E-state index contributed by atoms with van der Waals surface area (Å²) in [5.74, 6) is -4.62. The molecule has 1 aromatic carbocycles. The lowest BCUT2D eigenvalue weighted by molar-refractivity contribution is -0.136. The first-order valence-electron chi connectivity index (χ1n) is 5.39. The Kier molecular flexibility index (Phi) is 4.04. The summed E-state index contributed by atoms with van der Waals surface area (Å²) in [5, 5.41) is 8.32. The van der Waals surface area contributed by atoms with Gasteiger partial charge in [-0.25, -0.2) is 4.79 Å². The second-order valence-corrected chi connectivity index (χ2v) is 4.91. The first-order chi connectivity index (χ1) is 9.71. The molecular formula is C12H6F5NO2S. The van der Waals surface area contributed by atoms with Crippen molar-refractivity contribution < 1.29 is 31.9 Å². The molecule has 0 saturated carbocycles. The highest BCUT2D eigenvalue weighted by molar-refractivity contribution is 7.99. The number of pyridine rings is 1. The molecule has 2 rings (SSSR count). The van der Waals surface area contributed by atoms with Crippen LogP contribution in [0.2, 0.25) is 0 Å². The lowest BCUT2D eigenvalue weighted by Crippen LogP contribution is -2.14. The molecule has 0 fully saturated rings. The fraction of sp³-hybridized carbons (Fsp3) is 0.167. The maximum absolute atomic E-state index is 13.1.